The molecule has 3 aromatic rings. The van der Waals surface area contributed by atoms with Crippen LogP contribution in [-0.2, 0) is 0 Å². The average Bonchev–Trinajstić information content (AvgIpc) is 2.92. The highest BCUT2D eigenvalue weighted by Gasteiger charge is 2.13. The normalized spacial score (nSPS) is 11.0. The number of alkyl halides is 2. The van der Waals surface area contributed by atoms with Crippen molar-refractivity contribution < 1.29 is 22.7 Å². The Hall–Kier alpha value is -2.41. The summed E-state index contributed by atoms with van der Waals surface area (Å²) >= 11 is 3.35. The first kappa shape index (κ1) is 15.5. The molecule has 0 aliphatic heterocycles. The number of halogens is 3. The summed E-state index contributed by atoms with van der Waals surface area (Å²) in [5.41, 5.74) is 1.04. The van der Waals surface area contributed by atoms with Crippen molar-refractivity contribution in [1.29, 1.82) is 0 Å². The number of furan rings is 1. The molecule has 0 saturated heterocycles. The molecule has 0 spiro atoms. The zero-order chi connectivity index (χ0) is 16.4. The molecule has 0 radical (unpaired) electrons. The van der Waals surface area contributed by atoms with Gasteiger partial charge in [0.15, 0.2) is 5.76 Å². The van der Waals surface area contributed by atoms with Crippen LogP contribution in [0.4, 0.5) is 14.5 Å². The van der Waals surface area contributed by atoms with Gasteiger partial charge in [-0.25, -0.2) is 0 Å². The van der Waals surface area contributed by atoms with Crippen molar-refractivity contribution in [2.45, 2.75) is 6.61 Å². The summed E-state index contributed by atoms with van der Waals surface area (Å²) in [4.78, 5) is 12.2. The molecule has 3 rings (SSSR count). The molecule has 0 fully saturated rings. The molecule has 1 heterocycles. The van der Waals surface area contributed by atoms with E-state index in [-0.39, 0.29) is 11.5 Å². The van der Waals surface area contributed by atoms with Gasteiger partial charge in [0.05, 0.1) is 0 Å². The summed E-state index contributed by atoms with van der Waals surface area (Å²) in [7, 11) is 0. The standard InChI is InChI=1S/C16H10BrF2NO3/c17-10-1-6-13-9(7-10)8-14(23-13)15(21)20-11-2-4-12(5-3-11)22-16(18)19/h1-8,16H,(H,20,21). The van der Waals surface area contributed by atoms with Gasteiger partial charge in [-0.3, -0.25) is 4.79 Å². The SMILES string of the molecule is O=C(Nc1ccc(OC(F)F)cc1)c1cc2cc(Br)ccc2o1. The third-order valence-electron chi connectivity index (χ3n) is 3.04. The lowest BCUT2D eigenvalue weighted by Crippen LogP contribution is -2.10. The number of fused-ring (bicyclic) bond motifs is 1. The highest BCUT2D eigenvalue weighted by molar-refractivity contribution is 9.10. The van der Waals surface area contributed by atoms with Crippen molar-refractivity contribution in [3.63, 3.8) is 0 Å². The summed E-state index contributed by atoms with van der Waals surface area (Å²) in [6, 6.07) is 12.7. The van der Waals surface area contributed by atoms with E-state index in [0.717, 1.165) is 9.86 Å². The van der Waals surface area contributed by atoms with Crippen LogP contribution in [0.5, 0.6) is 5.75 Å². The maximum Gasteiger partial charge on any atom is 0.387 e. The maximum absolute atomic E-state index is 12.2. The van der Waals surface area contributed by atoms with Gasteiger partial charge in [-0.15, -0.1) is 0 Å². The number of anilines is 1. The van der Waals surface area contributed by atoms with Gasteiger partial charge >= 0.3 is 6.61 Å². The van der Waals surface area contributed by atoms with Crippen LogP contribution in [0.15, 0.2) is 57.4 Å². The van der Waals surface area contributed by atoms with Gasteiger partial charge in [-0.1, -0.05) is 15.9 Å². The predicted octanol–water partition coefficient (Wildman–Crippen LogP) is 5.05. The Morgan fingerprint density at radius 3 is 2.57 bits per heavy atom. The number of ether oxygens (including phenoxy) is 1. The minimum absolute atomic E-state index is 0.0200. The number of rotatable bonds is 4. The Morgan fingerprint density at radius 1 is 1.13 bits per heavy atom. The zero-order valence-corrected chi connectivity index (χ0v) is 13.1. The number of hydrogen-bond donors (Lipinski definition) is 1. The van der Waals surface area contributed by atoms with E-state index in [1.54, 1.807) is 12.1 Å². The lowest BCUT2D eigenvalue weighted by atomic mass is 10.2. The van der Waals surface area contributed by atoms with Crippen LogP contribution >= 0.6 is 15.9 Å². The molecular weight excluding hydrogens is 372 g/mol. The van der Waals surface area contributed by atoms with Gasteiger partial charge in [-0.05, 0) is 48.5 Å². The van der Waals surface area contributed by atoms with E-state index in [1.807, 2.05) is 12.1 Å². The van der Waals surface area contributed by atoms with Gasteiger partial charge in [0.25, 0.3) is 5.91 Å². The molecular formula is C16H10BrF2NO3. The molecule has 0 unspecified atom stereocenters. The highest BCUT2D eigenvalue weighted by Crippen LogP contribution is 2.24. The van der Waals surface area contributed by atoms with Crippen molar-refractivity contribution >= 4 is 38.5 Å². The van der Waals surface area contributed by atoms with Gasteiger partial charge in [0, 0.05) is 15.5 Å². The summed E-state index contributed by atoms with van der Waals surface area (Å²) in [5.74, 6) is -0.252. The maximum atomic E-state index is 12.2. The van der Waals surface area contributed by atoms with Gasteiger partial charge in [-0.2, -0.15) is 8.78 Å². The third-order valence-corrected chi connectivity index (χ3v) is 3.53. The smallest absolute Gasteiger partial charge is 0.387 e. The van der Waals surface area contributed by atoms with Crippen LogP contribution in [0, 0.1) is 0 Å². The van der Waals surface area contributed by atoms with Crippen LogP contribution in [-0.4, -0.2) is 12.5 Å². The summed E-state index contributed by atoms with van der Waals surface area (Å²) in [6.07, 6.45) is 0. The van der Waals surface area contributed by atoms with Crippen molar-refractivity contribution in [1.82, 2.24) is 0 Å². The molecule has 2 aromatic carbocycles. The number of nitrogens with one attached hydrogen (secondary N) is 1. The molecule has 0 bridgehead atoms. The van der Waals surface area contributed by atoms with E-state index in [1.165, 1.54) is 24.3 Å². The van der Waals surface area contributed by atoms with Crippen molar-refractivity contribution in [3.8, 4) is 5.75 Å². The first-order valence-electron chi connectivity index (χ1n) is 6.56. The molecule has 23 heavy (non-hydrogen) atoms. The van der Waals surface area contributed by atoms with Crippen LogP contribution in [0.25, 0.3) is 11.0 Å². The fourth-order valence-corrected chi connectivity index (χ4v) is 2.42. The zero-order valence-electron chi connectivity index (χ0n) is 11.6. The summed E-state index contributed by atoms with van der Waals surface area (Å²) < 4.78 is 34.7. The van der Waals surface area contributed by atoms with Crippen LogP contribution < -0.4 is 10.1 Å². The molecule has 0 saturated carbocycles. The molecule has 1 N–H and O–H groups in total. The Bertz CT molecular complexity index is 846. The molecule has 7 heteroatoms. The molecule has 0 aliphatic rings. The number of carbonyl (C=O) groups is 1. The van der Waals surface area contributed by atoms with Gasteiger partial charge < -0.3 is 14.5 Å². The van der Waals surface area contributed by atoms with Crippen molar-refractivity contribution in [3.05, 3.63) is 58.8 Å². The lowest BCUT2D eigenvalue weighted by Gasteiger charge is -2.06. The fraction of sp³-hybridized carbons (Fsp3) is 0.0625. The third kappa shape index (κ3) is 3.68. The molecule has 4 nitrogen and oxygen atoms in total. The van der Waals surface area contributed by atoms with E-state index in [0.29, 0.717) is 11.3 Å². The Morgan fingerprint density at radius 2 is 1.87 bits per heavy atom. The second-order valence-corrected chi connectivity index (χ2v) is 5.57. The monoisotopic (exact) mass is 381 g/mol. The van der Waals surface area contributed by atoms with E-state index in [9.17, 15) is 13.6 Å². The van der Waals surface area contributed by atoms with Crippen molar-refractivity contribution in [2.24, 2.45) is 0 Å². The van der Waals surface area contributed by atoms with Crippen LogP contribution in [0.3, 0.4) is 0 Å². The first-order valence-corrected chi connectivity index (χ1v) is 7.36. The Labute approximate surface area is 138 Å². The van der Waals surface area contributed by atoms with E-state index in [2.05, 4.69) is 26.0 Å². The minimum Gasteiger partial charge on any atom is -0.451 e. The van der Waals surface area contributed by atoms with Crippen LogP contribution in [0.2, 0.25) is 0 Å². The lowest BCUT2D eigenvalue weighted by molar-refractivity contribution is -0.0498. The largest absolute Gasteiger partial charge is 0.451 e. The van der Waals surface area contributed by atoms with Gasteiger partial charge in [0.1, 0.15) is 11.3 Å². The van der Waals surface area contributed by atoms with Crippen molar-refractivity contribution in [2.75, 3.05) is 5.32 Å². The quantitative estimate of drug-likeness (QED) is 0.687. The molecule has 0 atom stereocenters. The van der Waals surface area contributed by atoms with Crippen LogP contribution in [0.1, 0.15) is 10.6 Å². The minimum atomic E-state index is -2.88. The van der Waals surface area contributed by atoms with Gasteiger partial charge in [0.2, 0.25) is 0 Å². The highest BCUT2D eigenvalue weighted by atomic mass is 79.9. The molecule has 1 amide bonds. The van der Waals surface area contributed by atoms with E-state index >= 15 is 0 Å². The number of carbonyl (C=O) groups excluding carboxylic acids is 1. The molecule has 1 aromatic heterocycles. The summed E-state index contributed by atoms with van der Waals surface area (Å²) in [6.45, 7) is -2.88. The number of amides is 1. The first-order chi connectivity index (χ1) is 11.0. The summed E-state index contributed by atoms with van der Waals surface area (Å²) in [5, 5.41) is 3.42. The second-order valence-electron chi connectivity index (χ2n) is 4.65. The molecule has 118 valence electrons. The molecule has 0 aliphatic carbocycles. The second kappa shape index (κ2) is 6.37. The number of hydrogen-bond acceptors (Lipinski definition) is 3. The van der Waals surface area contributed by atoms with E-state index in [4.69, 9.17) is 4.42 Å². The predicted molar refractivity (Wildman–Crippen MR) is 84.9 cm³/mol. The topological polar surface area (TPSA) is 51.5 Å². The fourth-order valence-electron chi connectivity index (χ4n) is 2.04. The Balaban J connectivity index is 1.74. The average molecular weight is 382 g/mol. The van der Waals surface area contributed by atoms with E-state index < -0.39 is 12.5 Å². The number of benzene rings is 2. The Kier molecular flexibility index (Phi) is 4.29.